The number of aryl methyl sites for hydroxylation is 1. The summed E-state index contributed by atoms with van der Waals surface area (Å²) in [6, 6.07) is 6.95. The third-order valence-electron chi connectivity index (χ3n) is 6.05. The van der Waals surface area contributed by atoms with Gasteiger partial charge in [-0.15, -0.1) is 0 Å². The Labute approximate surface area is 172 Å². The number of aromatic nitrogens is 2. The van der Waals surface area contributed by atoms with E-state index < -0.39 is 18.6 Å². The van der Waals surface area contributed by atoms with Crippen LogP contribution in [0.15, 0.2) is 30.3 Å². The van der Waals surface area contributed by atoms with E-state index in [2.05, 4.69) is 5.10 Å². The van der Waals surface area contributed by atoms with E-state index in [1.165, 1.54) is 35.0 Å². The van der Waals surface area contributed by atoms with Crippen LogP contribution in [-0.2, 0) is 11.3 Å². The molecule has 1 aromatic carbocycles. The smallest absolute Gasteiger partial charge is 0.282 e. The molecule has 0 radical (unpaired) electrons. The molecule has 162 valence electrons. The van der Waals surface area contributed by atoms with Gasteiger partial charge in [-0.25, -0.2) is 13.2 Å². The molecule has 1 saturated carbocycles. The van der Waals surface area contributed by atoms with Gasteiger partial charge in [-0.2, -0.15) is 5.10 Å². The van der Waals surface area contributed by atoms with Gasteiger partial charge in [0.2, 0.25) is 5.91 Å². The second-order valence-electron chi connectivity index (χ2n) is 8.14. The van der Waals surface area contributed by atoms with Crippen LogP contribution in [0.5, 0.6) is 5.75 Å². The molecule has 1 aliphatic carbocycles. The van der Waals surface area contributed by atoms with E-state index in [-0.39, 0.29) is 35.8 Å². The molecule has 1 saturated heterocycles. The van der Waals surface area contributed by atoms with E-state index in [9.17, 15) is 23.1 Å². The van der Waals surface area contributed by atoms with Crippen molar-refractivity contribution in [3.63, 3.8) is 0 Å². The molecule has 2 aliphatic rings. The third-order valence-corrected chi connectivity index (χ3v) is 6.05. The molecule has 1 N–H and O–H groups in total. The van der Waals surface area contributed by atoms with Crippen LogP contribution in [0.2, 0.25) is 0 Å². The molecule has 4 rings (SSSR count). The molecule has 6 nitrogen and oxygen atoms in total. The number of carbonyl (C=O) groups is 1. The lowest BCUT2D eigenvalue weighted by Gasteiger charge is -2.35. The number of amides is 1. The fourth-order valence-corrected chi connectivity index (χ4v) is 4.44. The maximum atomic E-state index is 13.1. The van der Waals surface area contributed by atoms with Crippen molar-refractivity contribution >= 4 is 5.91 Å². The third kappa shape index (κ3) is 4.30. The van der Waals surface area contributed by atoms with Crippen LogP contribution in [0.4, 0.5) is 13.2 Å². The number of aliphatic hydroxyl groups is 1. The fraction of sp³-hybridized carbons (Fsp3) is 0.524. The molecule has 1 aromatic heterocycles. The summed E-state index contributed by atoms with van der Waals surface area (Å²) >= 11 is 0. The number of benzene rings is 1. The van der Waals surface area contributed by atoms with E-state index in [0.717, 1.165) is 0 Å². The molecule has 2 heterocycles. The topological polar surface area (TPSA) is 67.6 Å². The average Bonchev–Trinajstić information content (AvgIpc) is 3.27. The zero-order chi connectivity index (χ0) is 21.4. The van der Waals surface area contributed by atoms with Gasteiger partial charge in [0.15, 0.2) is 0 Å². The average molecular weight is 423 g/mol. The molecular formula is C21H24F3N3O3. The first-order chi connectivity index (χ1) is 14.3. The predicted octanol–water partition coefficient (Wildman–Crippen LogP) is 2.95. The number of ether oxygens (including phenoxy) is 1. The molecule has 9 heteroatoms. The Morgan fingerprint density at radius 3 is 2.53 bits per heavy atom. The second kappa shape index (κ2) is 8.29. The predicted molar refractivity (Wildman–Crippen MR) is 102 cm³/mol. The van der Waals surface area contributed by atoms with E-state index in [0.29, 0.717) is 37.4 Å². The molecule has 0 unspecified atom stereocenters. The number of alkyl halides is 2. The summed E-state index contributed by atoms with van der Waals surface area (Å²) < 4.78 is 45.9. The summed E-state index contributed by atoms with van der Waals surface area (Å²) in [5.41, 5.74) is 0.178. The van der Waals surface area contributed by atoms with Gasteiger partial charge in [0.05, 0.1) is 6.10 Å². The summed E-state index contributed by atoms with van der Waals surface area (Å²) in [7, 11) is 0. The van der Waals surface area contributed by atoms with Gasteiger partial charge >= 0.3 is 0 Å². The van der Waals surface area contributed by atoms with Gasteiger partial charge < -0.3 is 14.7 Å². The minimum absolute atomic E-state index is 0.0872. The molecule has 0 bridgehead atoms. The number of aliphatic hydroxyl groups excluding tert-OH is 1. The number of fused-ring (bicyclic) bond motifs is 1. The molecule has 30 heavy (non-hydrogen) atoms. The standard InChI is InChI=1S/C21H24F3N3O3/c1-12-6-17(21(23)24)25-27(12)11-20(29)26-9-13-7-18(28)19(8-14(13)10-26)30-16-4-2-15(22)3-5-16/h2-6,13-14,18-19,21,28H,7-11H2,1H3/t13-,14+,18+,19+/m0/s1. The normalized spacial score (nSPS) is 26.1. The Kier molecular flexibility index (Phi) is 5.73. The Balaban J connectivity index is 1.37. The van der Waals surface area contributed by atoms with Crippen LogP contribution in [0.25, 0.3) is 0 Å². The van der Waals surface area contributed by atoms with Crippen LogP contribution in [0.3, 0.4) is 0 Å². The van der Waals surface area contributed by atoms with Crippen LogP contribution in [0.1, 0.15) is 30.7 Å². The van der Waals surface area contributed by atoms with Crippen LogP contribution < -0.4 is 4.74 Å². The number of rotatable bonds is 5. The lowest BCUT2D eigenvalue weighted by molar-refractivity contribution is -0.131. The maximum absolute atomic E-state index is 13.1. The highest BCUT2D eigenvalue weighted by Crippen LogP contribution is 2.38. The Morgan fingerprint density at radius 1 is 1.23 bits per heavy atom. The largest absolute Gasteiger partial charge is 0.488 e. The SMILES string of the molecule is Cc1cc(C(F)F)nn1CC(=O)N1C[C@H]2C[C@@H](Oc3ccc(F)cc3)[C@H](O)C[C@H]2C1. The van der Waals surface area contributed by atoms with Gasteiger partial charge in [0.25, 0.3) is 6.43 Å². The first kappa shape index (κ1) is 20.7. The summed E-state index contributed by atoms with van der Waals surface area (Å²) in [6.07, 6.45) is -2.67. The lowest BCUT2D eigenvalue weighted by atomic mass is 9.78. The van der Waals surface area contributed by atoms with E-state index >= 15 is 0 Å². The number of hydrogen-bond acceptors (Lipinski definition) is 4. The van der Waals surface area contributed by atoms with Crippen LogP contribution >= 0.6 is 0 Å². The van der Waals surface area contributed by atoms with Gasteiger partial charge in [-0.3, -0.25) is 9.48 Å². The molecule has 0 spiro atoms. The van der Waals surface area contributed by atoms with Crippen molar-refractivity contribution < 1.29 is 27.8 Å². The molecular weight excluding hydrogens is 399 g/mol. The number of halogens is 3. The number of likely N-dealkylation sites (tertiary alicyclic amines) is 1. The first-order valence-corrected chi connectivity index (χ1v) is 10.0. The van der Waals surface area contributed by atoms with Gasteiger partial charge in [0, 0.05) is 18.8 Å². The van der Waals surface area contributed by atoms with E-state index in [1.54, 1.807) is 11.8 Å². The van der Waals surface area contributed by atoms with Gasteiger partial charge in [-0.1, -0.05) is 0 Å². The van der Waals surface area contributed by atoms with Crippen molar-refractivity contribution in [2.75, 3.05) is 13.1 Å². The molecule has 1 amide bonds. The van der Waals surface area contributed by atoms with E-state index in [4.69, 9.17) is 4.74 Å². The highest BCUT2D eigenvalue weighted by molar-refractivity contribution is 5.76. The van der Waals surface area contributed by atoms with Crippen molar-refractivity contribution in [1.82, 2.24) is 14.7 Å². The number of nitrogens with zero attached hydrogens (tertiary/aromatic N) is 3. The highest BCUT2D eigenvalue weighted by atomic mass is 19.3. The lowest BCUT2D eigenvalue weighted by Crippen LogP contribution is -2.42. The number of hydrogen-bond donors (Lipinski definition) is 1. The van der Waals surface area contributed by atoms with Crippen LogP contribution in [0, 0.1) is 24.6 Å². The van der Waals surface area contributed by atoms with Gasteiger partial charge in [0.1, 0.15) is 29.9 Å². The molecule has 2 aromatic rings. The summed E-state index contributed by atoms with van der Waals surface area (Å²) in [5, 5.41) is 14.3. The summed E-state index contributed by atoms with van der Waals surface area (Å²) in [6.45, 7) is 2.60. The minimum Gasteiger partial charge on any atom is -0.488 e. The zero-order valence-electron chi connectivity index (χ0n) is 16.5. The summed E-state index contributed by atoms with van der Waals surface area (Å²) in [5.74, 6) is 0.297. The van der Waals surface area contributed by atoms with Crippen molar-refractivity contribution in [3.8, 4) is 5.75 Å². The quantitative estimate of drug-likeness (QED) is 0.803. The summed E-state index contributed by atoms with van der Waals surface area (Å²) in [4.78, 5) is 14.4. The second-order valence-corrected chi connectivity index (χ2v) is 8.14. The Hall–Kier alpha value is -2.55. The fourth-order valence-electron chi connectivity index (χ4n) is 4.44. The van der Waals surface area contributed by atoms with E-state index in [1.807, 2.05) is 0 Å². The Morgan fingerprint density at radius 2 is 1.90 bits per heavy atom. The first-order valence-electron chi connectivity index (χ1n) is 10.0. The van der Waals surface area contributed by atoms with Crippen molar-refractivity contribution in [2.24, 2.45) is 11.8 Å². The van der Waals surface area contributed by atoms with Crippen molar-refractivity contribution in [3.05, 3.63) is 47.5 Å². The highest BCUT2D eigenvalue weighted by Gasteiger charge is 2.44. The van der Waals surface area contributed by atoms with Crippen LogP contribution in [-0.4, -0.2) is 51.0 Å². The van der Waals surface area contributed by atoms with Crippen molar-refractivity contribution in [2.45, 2.75) is 44.9 Å². The Bertz CT molecular complexity index is 903. The van der Waals surface area contributed by atoms with Gasteiger partial charge in [-0.05, 0) is 61.9 Å². The number of carbonyl (C=O) groups excluding carboxylic acids is 1. The molecule has 1 aliphatic heterocycles. The zero-order valence-corrected chi connectivity index (χ0v) is 16.5. The monoisotopic (exact) mass is 423 g/mol. The molecule has 4 atom stereocenters. The molecule has 2 fully saturated rings. The minimum atomic E-state index is -2.67. The maximum Gasteiger partial charge on any atom is 0.282 e. The van der Waals surface area contributed by atoms with Crippen molar-refractivity contribution in [1.29, 1.82) is 0 Å².